The van der Waals surface area contributed by atoms with E-state index in [1.807, 2.05) is 43.1 Å². The lowest BCUT2D eigenvalue weighted by atomic mass is 9.85. The van der Waals surface area contributed by atoms with Gasteiger partial charge in [0.1, 0.15) is 0 Å². The second-order valence-corrected chi connectivity index (χ2v) is 5.41. The van der Waals surface area contributed by atoms with Gasteiger partial charge in [0.15, 0.2) is 0 Å². The van der Waals surface area contributed by atoms with Gasteiger partial charge in [-0.15, -0.1) is 0 Å². The number of nitrogen functional groups attached to an aromatic ring is 1. The van der Waals surface area contributed by atoms with Gasteiger partial charge in [0.05, 0.1) is 5.92 Å². The second-order valence-electron chi connectivity index (χ2n) is 5.41. The number of likely N-dealkylation sites (N-methyl/N-ethyl adjacent to an activating group) is 1. The number of nitrogens with two attached hydrogens (primary N) is 1. The molecule has 1 aromatic rings. The molecule has 1 amide bonds. The van der Waals surface area contributed by atoms with Crippen molar-refractivity contribution in [1.82, 2.24) is 4.90 Å². The maximum atomic E-state index is 12.3. The molecule has 0 aliphatic heterocycles. The smallest absolute Gasteiger partial charge is 0.229 e. The van der Waals surface area contributed by atoms with Gasteiger partial charge >= 0.3 is 0 Å². The molecule has 1 fully saturated rings. The summed E-state index contributed by atoms with van der Waals surface area (Å²) in [6, 6.07) is 7.61. The molecule has 1 atom stereocenters. The Kier molecular flexibility index (Phi) is 3.90. The van der Waals surface area contributed by atoms with Gasteiger partial charge in [-0.05, 0) is 43.4 Å². The predicted molar refractivity (Wildman–Crippen MR) is 74.2 cm³/mol. The van der Waals surface area contributed by atoms with Crippen molar-refractivity contribution >= 4 is 11.6 Å². The summed E-state index contributed by atoms with van der Waals surface area (Å²) in [4.78, 5) is 14.2. The zero-order valence-electron chi connectivity index (χ0n) is 11.2. The molecule has 18 heavy (non-hydrogen) atoms. The fourth-order valence-corrected chi connectivity index (χ4v) is 2.45. The van der Waals surface area contributed by atoms with Gasteiger partial charge in [0, 0.05) is 19.3 Å². The Morgan fingerprint density at radius 1 is 1.50 bits per heavy atom. The molecule has 0 radical (unpaired) electrons. The van der Waals surface area contributed by atoms with Crippen molar-refractivity contribution in [2.75, 3.05) is 19.3 Å². The Morgan fingerprint density at radius 2 is 2.22 bits per heavy atom. The van der Waals surface area contributed by atoms with Crippen molar-refractivity contribution in [2.24, 2.45) is 5.92 Å². The summed E-state index contributed by atoms with van der Waals surface area (Å²) in [7, 11) is 1.91. The highest BCUT2D eigenvalue weighted by molar-refractivity contribution is 5.83. The van der Waals surface area contributed by atoms with E-state index in [-0.39, 0.29) is 11.8 Å². The van der Waals surface area contributed by atoms with E-state index in [4.69, 9.17) is 5.73 Å². The molecule has 3 nitrogen and oxygen atoms in total. The number of amides is 1. The summed E-state index contributed by atoms with van der Waals surface area (Å²) >= 11 is 0. The van der Waals surface area contributed by atoms with Crippen LogP contribution < -0.4 is 5.73 Å². The van der Waals surface area contributed by atoms with E-state index in [9.17, 15) is 4.79 Å². The molecule has 1 saturated carbocycles. The van der Waals surface area contributed by atoms with E-state index < -0.39 is 0 Å². The van der Waals surface area contributed by atoms with E-state index in [1.54, 1.807) is 0 Å². The molecule has 98 valence electrons. The summed E-state index contributed by atoms with van der Waals surface area (Å²) in [5.74, 6) is 0.790. The van der Waals surface area contributed by atoms with Gasteiger partial charge < -0.3 is 10.6 Å². The first kappa shape index (κ1) is 12.9. The summed E-state index contributed by atoms with van der Waals surface area (Å²) in [6.45, 7) is 2.85. The van der Waals surface area contributed by atoms with Gasteiger partial charge in [-0.2, -0.15) is 0 Å². The van der Waals surface area contributed by atoms with Crippen LogP contribution in [0.2, 0.25) is 0 Å². The highest BCUT2D eigenvalue weighted by atomic mass is 16.2. The molecule has 0 saturated heterocycles. The monoisotopic (exact) mass is 246 g/mol. The molecule has 0 spiro atoms. The molecule has 2 rings (SSSR count). The van der Waals surface area contributed by atoms with E-state index >= 15 is 0 Å². The van der Waals surface area contributed by atoms with Gasteiger partial charge in [-0.25, -0.2) is 0 Å². The van der Waals surface area contributed by atoms with Crippen LogP contribution in [0.1, 0.15) is 37.7 Å². The number of hydrogen-bond donors (Lipinski definition) is 1. The van der Waals surface area contributed by atoms with Crippen LogP contribution in [0.3, 0.4) is 0 Å². The van der Waals surface area contributed by atoms with Crippen LogP contribution in [0.15, 0.2) is 24.3 Å². The average Bonchev–Trinajstić information content (AvgIpc) is 2.31. The average molecular weight is 246 g/mol. The molecule has 0 heterocycles. The third-order valence-electron chi connectivity index (χ3n) is 3.91. The van der Waals surface area contributed by atoms with Crippen LogP contribution in [0.5, 0.6) is 0 Å². The Bertz CT molecular complexity index is 426. The van der Waals surface area contributed by atoms with Gasteiger partial charge in [0.25, 0.3) is 0 Å². The minimum atomic E-state index is -0.112. The van der Waals surface area contributed by atoms with Crippen molar-refractivity contribution < 1.29 is 4.79 Å². The number of carbonyl (C=O) groups is 1. The number of benzene rings is 1. The Morgan fingerprint density at radius 3 is 2.78 bits per heavy atom. The summed E-state index contributed by atoms with van der Waals surface area (Å²) in [5, 5.41) is 0. The fraction of sp³-hybridized carbons (Fsp3) is 0.533. The lowest BCUT2D eigenvalue weighted by Crippen LogP contribution is -2.36. The quantitative estimate of drug-likeness (QED) is 0.830. The van der Waals surface area contributed by atoms with E-state index in [0.29, 0.717) is 11.6 Å². The van der Waals surface area contributed by atoms with Crippen molar-refractivity contribution in [1.29, 1.82) is 0 Å². The molecule has 1 unspecified atom stereocenters. The largest absolute Gasteiger partial charge is 0.399 e. The summed E-state index contributed by atoms with van der Waals surface area (Å²) < 4.78 is 0. The number of hydrogen-bond acceptors (Lipinski definition) is 2. The molecule has 1 aromatic carbocycles. The number of anilines is 1. The molecular weight excluding hydrogens is 224 g/mol. The van der Waals surface area contributed by atoms with Crippen LogP contribution >= 0.6 is 0 Å². The highest BCUT2D eigenvalue weighted by Crippen LogP contribution is 2.28. The minimum absolute atomic E-state index is 0.112. The number of nitrogens with zero attached hydrogens (tertiary/aromatic N) is 1. The topological polar surface area (TPSA) is 46.3 Å². The zero-order chi connectivity index (χ0) is 13.1. The molecule has 0 bridgehead atoms. The zero-order valence-corrected chi connectivity index (χ0v) is 11.2. The fourth-order valence-electron chi connectivity index (χ4n) is 2.45. The summed E-state index contributed by atoms with van der Waals surface area (Å²) in [5.41, 5.74) is 7.48. The SMILES string of the molecule is CC(C(=O)N(C)CC1CCC1)c1cccc(N)c1. The first-order valence-electron chi connectivity index (χ1n) is 6.68. The lowest BCUT2D eigenvalue weighted by Gasteiger charge is -2.31. The van der Waals surface area contributed by atoms with Crippen molar-refractivity contribution in [3.8, 4) is 0 Å². The van der Waals surface area contributed by atoms with Gasteiger partial charge in [-0.3, -0.25) is 4.79 Å². The third kappa shape index (κ3) is 2.84. The summed E-state index contributed by atoms with van der Waals surface area (Å²) in [6.07, 6.45) is 3.85. The van der Waals surface area contributed by atoms with Gasteiger partial charge in [-0.1, -0.05) is 18.6 Å². The molecular formula is C15H22N2O. The number of carbonyl (C=O) groups excluding carboxylic acids is 1. The first-order valence-corrected chi connectivity index (χ1v) is 6.68. The molecule has 2 N–H and O–H groups in total. The Labute approximate surface area is 109 Å². The predicted octanol–water partition coefficient (Wildman–Crippen LogP) is 2.63. The molecule has 0 aromatic heterocycles. The molecule has 3 heteroatoms. The normalized spacial score (nSPS) is 17.0. The maximum Gasteiger partial charge on any atom is 0.229 e. The minimum Gasteiger partial charge on any atom is -0.399 e. The van der Waals surface area contributed by atoms with Crippen LogP contribution in [0.25, 0.3) is 0 Å². The lowest BCUT2D eigenvalue weighted by molar-refractivity contribution is -0.132. The van der Waals surface area contributed by atoms with Gasteiger partial charge in [0.2, 0.25) is 5.91 Å². The van der Waals surface area contributed by atoms with E-state index in [1.165, 1.54) is 19.3 Å². The Balaban J connectivity index is 1.98. The van der Waals surface area contributed by atoms with Crippen molar-refractivity contribution in [2.45, 2.75) is 32.1 Å². The maximum absolute atomic E-state index is 12.3. The number of rotatable bonds is 4. The highest BCUT2D eigenvalue weighted by Gasteiger charge is 2.24. The third-order valence-corrected chi connectivity index (χ3v) is 3.91. The first-order chi connectivity index (χ1) is 8.58. The van der Waals surface area contributed by atoms with E-state index in [2.05, 4.69) is 0 Å². The van der Waals surface area contributed by atoms with Crippen molar-refractivity contribution in [3.05, 3.63) is 29.8 Å². The second kappa shape index (κ2) is 5.42. The van der Waals surface area contributed by atoms with E-state index in [0.717, 1.165) is 12.1 Å². The van der Waals surface area contributed by atoms with Crippen LogP contribution in [-0.4, -0.2) is 24.4 Å². The standard InChI is InChI=1S/C15H22N2O/c1-11(13-7-4-8-14(16)9-13)15(18)17(2)10-12-5-3-6-12/h4,7-9,11-12H,3,5-6,10,16H2,1-2H3. The van der Waals surface area contributed by atoms with Crippen LogP contribution in [0.4, 0.5) is 5.69 Å². The molecule has 1 aliphatic rings. The van der Waals surface area contributed by atoms with Crippen LogP contribution in [0, 0.1) is 5.92 Å². The van der Waals surface area contributed by atoms with Crippen LogP contribution in [-0.2, 0) is 4.79 Å². The van der Waals surface area contributed by atoms with Crippen molar-refractivity contribution in [3.63, 3.8) is 0 Å². The Hall–Kier alpha value is -1.51. The molecule has 1 aliphatic carbocycles.